The summed E-state index contributed by atoms with van der Waals surface area (Å²) in [5.41, 5.74) is 1.43. The van der Waals surface area contributed by atoms with E-state index < -0.39 is 6.61 Å². The van der Waals surface area contributed by atoms with Crippen molar-refractivity contribution >= 4 is 10.8 Å². The summed E-state index contributed by atoms with van der Waals surface area (Å²) in [6.45, 7) is 1.29. The summed E-state index contributed by atoms with van der Waals surface area (Å²) >= 11 is 0. The zero-order valence-electron chi connectivity index (χ0n) is 15.5. The third-order valence-corrected chi connectivity index (χ3v) is 5.73. The quantitative estimate of drug-likeness (QED) is 0.526. The highest BCUT2D eigenvalue weighted by Crippen LogP contribution is 2.44. The van der Waals surface area contributed by atoms with Crippen molar-refractivity contribution in [1.82, 2.24) is 0 Å². The number of aryl methyl sites for hydroxylation is 1. The molecule has 0 radical (unpaired) electrons. The van der Waals surface area contributed by atoms with Gasteiger partial charge in [0.05, 0.1) is 0 Å². The van der Waals surface area contributed by atoms with E-state index in [9.17, 15) is 8.78 Å². The lowest BCUT2D eigenvalue weighted by Crippen LogP contribution is -2.16. The van der Waals surface area contributed by atoms with Crippen LogP contribution in [0.2, 0.25) is 0 Å². The molecule has 0 amide bonds. The molecule has 1 saturated carbocycles. The SMILES string of the molecule is CCCc1ccc2c(F)c(C3CCC(CC)CC3)c(OC(F)F)cc2c1. The number of ether oxygens (including phenoxy) is 1. The summed E-state index contributed by atoms with van der Waals surface area (Å²) in [5, 5.41) is 1.13. The molecule has 26 heavy (non-hydrogen) atoms. The molecule has 0 saturated heterocycles. The highest BCUT2D eigenvalue weighted by Gasteiger charge is 2.28. The fourth-order valence-corrected chi connectivity index (χ4v) is 4.28. The van der Waals surface area contributed by atoms with Crippen LogP contribution in [0.1, 0.15) is 69.4 Å². The lowest BCUT2D eigenvalue weighted by molar-refractivity contribution is -0.0508. The molecular formula is C22H27F3O. The molecule has 0 spiro atoms. The van der Waals surface area contributed by atoms with Gasteiger partial charge in [0, 0.05) is 10.9 Å². The van der Waals surface area contributed by atoms with Crippen LogP contribution in [0.15, 0.2) is 24.3 Å². The molecule has 2 aromatic rings. The fourth-order valence-electron chi connectivity index (χ4n) is 4.28. The van der Waals surface area contributed by atoms with Gasteiger partial charge in [-0.25, -0.2) is 4.39 Å². The molecular weight excluding hydrogens is 337 g/mol. The maximum Gasteiger partial charge on any atom is 0.387 e. The Hall–Kier alpha value is -1.71. The minimum absolute atomic E-state index is 0.0126. The number of alkyl halides is 2. The van der Waals surface area contributed by atoms with Gasteiger partial charge in [0.15, 0.2) is 0 Å². The molecule has 1 aliphatic carbocycles. The average Bonchev–Trinajstić information content (AvgIpc) is 2.62. The topological polar surface area (TPSA) is 9.23 Å². The van der Waals surface area contributed by atoms with E-state index in [0.717, 1.165) is 50.5 Å². The second kappa shape index (κ2) is 8.32. The van der Waals surface area contributed by atoms with E-state index in [4.69, 9.17) is 4.74 Å². The van der Waals surface area contributed by atoms with Gasteiger partial charge in [-0.15, -0.1) is 0 Å². The van der Waals surface area contributed by atoms with Crippen LogP contribution >= 0.6 is 0 Å². The first kappa shape index (κ1) is 19.1. The van der Waals surface area contributed by atoms with E-state index in [0.29, 0.717) is 22.3 Å². The summed E-state index contributed by atoms with van der Waals surface area (Å²) in [7, 11) is 0. The number of halogens is 3. The minimum atomic E-state index is -2.95. The lowest BCUT2D eigenvalue weighted by Gasteiger charge is -2.29. The summed E-state index contributed by atoms with van der Waals surface area (Å²) in [5.74, 6) is 0.233. The average molecular weight is 364 g/mol. The van der Waals surface area contributed by atoms with Crippen molar-refractivity contribution in [3.05, 3.63) is 41.2 Å². The maximum atomic E-state index is 15.3. The molecule has 0 aliphatic heterocycles. The number of hydrogen-bond acceptors (Lipinski definition) is 1. The van der Waals surface area contributed by atoms with Crippen LogP contribution in [-0.4, -0.2) is 6.61 Å². The second-order valence-electron chi connectivity index (χ2n) is 7.41. The molecule has 0 atom stereocenters. The van der Waals surface area contributed by atoms with Crippen LogP contribution in [0, 0.1) is 11.7 Å². The Kier molecular flexibility index (Phi) is 6.10. The number of benzene rings is 2. The first-order chi connectivity index (χ1) is 12.5. The Balaban J connectivity index is 2.04. The lowest BCUT2D eigenvalue weighted by atomic mass is 9.77. The molecule has 1 fully saturated rings. The number of hydrogen-bond donors (Lipinski definition) is 0. The van der Waals surface area contributed by atoms with E-state index >= 15 is 4.39 Å². The third-order valence-electron chi connectivity index (χ3n) is 5.73. The van der Waals surface area contributed by atoms with E-state index in [1.165, 1.54) is 0 Å². The predicted molar refractivity (Wildman–Crippen MR) is 99.5 cm³/mol. The third kappa shape index (κ3) is 3.99. The van der Waals surface area contributed by atoms with Crippen LogP contribution in [0.3, 0.4) is 0 Å². The van der Waals surface area contributed by atoms with Gasteiger partial charge in [-0.2, -0.15) is 8.78 Å². The van der Waals surface area contributed by atoms with Gasteiger partial charge in [0.1, 0.15) is 11.6 Å². The first-order valence-corrected chi connectivity index (χ1v) is 9.73. The van der Waals surface area contributed by atoms with Crippen molar-refractivity contribution in [2.75, 3.05) is 0 Å². The molecule has 0 heterocycles. The molecule has 1 aliphatic rings. The molecule has 142 valence electrons. The minimum Gasteiger partial charge on any atom is -0.434 e. The van der Waals surface area contributed by atoms with Crippen LogP contribution in [0.5, 0.6) is 5.75 Å². The zero-order valence-corrected chi connectivity index (χ0v) is 15.5. The molecule has 0 aromatic heterocycles. The van der Waals surface area contributed by atoms with Gasteiger partial charge >= 0.3 is 6.61 Å². The van der Waals surface area contributed by atoms with Crippen molar-refractivity contribution in [2.45, 2.75) is 71.3 Å². The Bertz CT molecular complexity index is 749. The maximum absolute atomic E-state index is 15.3. The number of fused-ring (bicyclic) bond motifs is 1. The van der Waals surface area contributed by atoms with E-state index in [1.54, 1.807) is 12.1 Å². The normalized spacial score (nSPS) is 20.7. The highest BCUT2D eigenvalue weighted by molar-refractivity contribution is 5.86. The Morgan fingerprint density at radius 3 is 2.42 bits per heavy atom. The van der Waals surface area contributed by atoms with Crippen molar-refractivity contribution in [2.24, 2.45) is 5.92 Å². The molecule has 2 aromatic carbocycles. The molecule has 0 unspecified atom stereocenters. The van der Waals surface area contributed by atoms with Gasteiger partial charge < -0.3 is 4.74 Å². The smallest absolute Gasteiger partial charge is 0.387 e. The molecule has 4 heteroatoms. The Labute approximate surface area is 153 Å². The van der Waals surface area contributed by atoms with Gasteiger partial charge in [-0.3, -0.25) is 0 Å². The second-order valence-corrected chi connectivity index (χ2v) is 7.41. The zero-order chi connectivity index (χ0) is 18.7. The Morgan fingerprint density at radius 2 is 1.81 bits per heavy atom. The van der Waals surface area contributed by atoms with Gasteiger partial charge in [0.25, 0.3) is 0 Å². The van der Waals surface area contributed by atoms with Gasteiger partial charge in [-0.1, -0.05) is 44.9 Å². The predicted octanol–water partition coefficient (Wildman–Crippen LogP) is 7.22. The van der Waals surface area contributed by atoms with E-state index in [-0.39, 0.29) is 17.5 Å². The molecule has 0 bridgehead atoms. The van der Waals surface area contributed by atoms with Gasteiger partial charge in [-0.05, 0) is 61.0 Å². The fraction of sp³-hybridized carbons (Fsp3) is 0.545. The Morgan fingerprint density at radius 1 is 1.08 bits per heavy atom. The molecule has 1 nitrogen and oxygen atoms in total. The van der Waals surface area contributed by atoms with E-state index in [1.807, 2.05) is 12.1 Å². The van der Waals surface area contributed by atoms with Gasteiger partial charge in [0.2, 0.25) is 0 Å². The van der Waals surface area contributed by atoms with Crippen molar-refractivity contribution in [1.29, 1.82) is 0 Å². The van der Waals surface area contributed by atoms with Crippen molar-refractivity contribution in [3.63, 3.8) is 0 Å². The summed E-state index contributed by atoms with van der Waals surface area (Å²) in [6.07, 6.45) is 6.67. The monoisotopic (exact) mass is 364 g/mol. The van der Waals surface area contributed by atoms with E-state index in [2.05, 4.69) is 13.8 Å². The summed E-state index contributed by atoms with van der Waals surface area (Å²) < 4.78 is 46.0. The van der Waals surface area contributed by atoms with Crippen LogP contribution in [0.4, 0.5) is 13.2 Å². The van der Waals surface area contributed by atoms with Crippen molar-refractivity contribution < 1.29 is 17.9 Å². The van der Waals surface area contributed by atoms with Crippen LogP contribution in [0.25, 0.3) is 10.8 Å². The highest BCUT2D eigenvalue weighted by atomic mass is 19.3. The van der Waals surface area contributed by atoms with Crippen molar-refractivity contribution in [3.8, 4) is 5.75 Å². The standard InChI is InChI=1S/C22H27F3O/c1-3-5-15-8-11-18-17(12-15)13-19(26-22(24)25)20(21(18)23)16-9-6-14(4-2)7-10-16/h8,11-14,16,22H,3-7,9-10H2,1-2H3. The molecule has 0 N–H and O–H groups in total. The summed E-state index contributed by atoms with van der Waals surface area (Å²) in [6, 6.07) is 7.20. The van der Waals surface area contributed by atoms with Crippen LogP contribution in [-0.2, 0) is 6.42 Å². The first-order valence-electron chi connectivity index (χ1n) is 9.73. The molecule has 3 rings (SSSR count). The van der Waals surface area contributed by atoms with Crippen LogP contribution < -0.4 is 4.74 Å². The largest absolute Gasteiger partial charge is 0.434 e. The number of rotatable bonds is 6. The summed E-state index contributed by atoms with van der Waals surface area (Å²) in [4.78, 5) is 0.